The summed E-state index contributed by atoms with van der Waals surface area (Å²) in [7, 11) is 1.56. The van der Waals surface area contributed by atoms with Gasteiger partial charge in [-0.05, 0) is 43.3 Å². The van der Waals surface area contributed by atoms with Gasteiger partial charge in [0.15, 0.2) is 0 Å². The van der Waals surface area contributed by atoms with Crippen LogP contribution in [0.3, 0.4) is 0 Å². The van der Waals surface area contributed by atoms with Gasteiger partial charge in [-0.3, -0.25) is 9.59 Å². The zero-order chi connectivity index (χ0) is 15.9. The summed E-state index contributed by atoms with van der Waals surface area (Å²) in [6, 6.07) is 14.1. The van der Waals surface area contributed by atoms with Gasteiger partial charge in [-0.15, -0.1) is 0 Å². The van der Waals surface area contributed by atoms with Gasteiger partial charge in [-0.2, -0.15) is 0 Å². The highest BCUT2D eigenvalue weighted by atomic mass is 16.5. The lowest BCUT2D eigenvalue weighted by atomic mass is 10.2. The van der Waals surface area contributed by atoms with E-state index in [0.29, 0.717) is 17.0 Å². The third kappa shape index (κ3) is 4.34. The smallest absolute Gasteiger partial charge is 0.251 e. The average molecular weight is 298 g/mol. The standard InChI is InChI=1S/C17H18N2O3/c1-12-3-7-14(8-4-12)19-16(20)11-18-17(21)13-5-9-15(22-2)10-6-13/h3-10H,11H2,1-2H3,(H,18,21)(H,19,20). The van der Waals surface area contributed by atoms with Crippen LogP contribution < -0.4 is 15.4 Å². The molecule has 0 radical (unpaired) electrons. The lowest BCUT2D eigenvalue weighted by Gasteiger charge is -2.07. The predicted molar refractivity (Wildman–Crippen MR) is 85.1 cm³/mol. The summed E-state index contributed by atoms with van der Waals surface area (Å²) in [5.41, 5.74) is 2.30. The van der Waals surface area contributed by atoms with Crippen molar-refractivity contribution in [3.63, 3.8) is 0 Å². The van der Waals surface area contributed by atoms with Crippen LogP contribution in [0.2, 0.25) is 0 Å². The highest BCUT2D eigenvalue weighted by Crippen LogP contribution is 2.11. The number of ether oxygens (including phenoxy) is 1. The van der Waals surface area contributed by atoms with Crippen molar-refractivity contribution in [2.45, 2.75) is 6.92 Å². The normalized spacial score (nSPS) is 9.91. The van der Waals surface area contributed by atoms with Crippen molar-refractivity contribution in [3.05, 3.63) is 59.7 Å². The summed E-state index contributed by atoms with van der Waals surface area (Å²) in [5.74, 6) is 0.0982. The lowest BCUT2D eigenvalue weighted by Crippen LogP contribution is -2.32. The molecule has 2 N–H and O–H groups in total. The topological polar surface area (TPSA) is 67.4 Å². The molecular weight excluding hydrogens is 280 g/mol. The third-order valence-electron chi connectivity index (χ3n) is 3.10. The van der Waals surface area contributed by atoms with Gasteiger partial charge >= 0.3 is 0 Å². The molecule has 5 heteroatoms. The van der Waals surface area contributed by atoms with Crippen molar-refractivity contribution < 1.29 is 14.3 Å². The second-order valence-corrected chi connectivity index (χ2v) is 4.83. The summed E-state index contributed by atoms with van der Waals surface area (Å²) < 4.78 is 5.03. The molecular formula is C17H18N2O3. The quantitative estimate of drug-likeness (QED) is 0.890. The SMILES string of the molecule is COc1ccc(C(=O)NCC(=O)Nc2ccc(C)cc2)cc1. The number of nitrogens with one attached hydrogen (secondary N) is 2. The largest absolute Gasteiger partial charge is 0.497 e. The van der Waals surface area contributed by atoms with Crippen LogP contribution in [-0.2, 0) is 4.79 Å². The molecule has 2 rings (SSSR count). The molecule has 0 heterocycles. The van der Waals surface area contributed by atoms with Crippen molar-refractivity contribution in [1.82, 2.24) is 5.32 Å². The fourth-order valence-corrected chi connectivity index (χ4v) is 1.85. The van der Waals surface area contributed by atoms with Gasteiger partial charge in [0, 0.05) is 11.3 Å². The van der Waals surface area contributed by atoms with Crippen molar-refractivity contribution >= 4 is 17.5 Å². The molecule has 2 amide bonds. The van der Waals surface area contributed by atoms with Gasteiger partial charge in [0.1, 0.15) is 5.75 Å². The van der Waals surface area contributed by atoms with Crippen LogP contribution in [0.4, 0.5) is 5.69 Å². The van der Waals surface area contributed by atoms with E-state index in [1.807, 2.05) is 31.2 Å². The number of anilines is 1. The van der Waals surface area contributed by atoms with Crippen LogP contribution in [0.1, 0.15) is 15.9 Å². The molecule has 0 atom stereocenters. The number of benzene rings is 2. The maximum Gasteiger partial charge on any atom is 0.251 e. The Kier molecular flexibility index (Phi) is 5.14. The summed E-state index contributed by atoms with van der Waals surface area (Å²) in [4.78, 5) is 23.7. The van der Waals surface area contributed by atoms with Gasteiger partial charge in [0.25, 0.3) is 5.91 Å². The predicted octanol–water partition coefficient (Wildman–Crippen LogP) is 2.37. The van der Waals surface area contributed by atoms with E-state index in [4.69, 9.17) is 4.74 Å². The van der Waals surface area contributed by atoms with Crippen molar-refractivity contribution in [2.24, 2.45) is 0 Å². The van der Waals surface area contributed by atoms with Crippen molar-refractivity contribution in [3.8, 4) is 5.75 Å². The zero-order valence-corrected chi connectivity index (χ0v) is 12.6. The maximum atomic E-state index is 11.9. The van der Waals surface area contributed by atoms with Crippen molar-refractivity contribution in [2.75, 3.05) is 19.0 Å². The Morgan fingerprint density at radius 3 is 2.23 bits per heavy atom. The minimum absolute atomic E-state index is 0.0846. The first-order valence-corrected chi connectivity index (χ1v) is 6.87. The highest BCUT2D eigenvalue weighted by molar-refractivity contribution is 5.99. The monoisotopic (exact) mass is 298 g/mol. The average Bonchev–Trinajstić information content (AvgIpc) is 2.55. The lowest BCUT2D eigenvalue weighted by molar-refractivity contribution is -0.115. The van der Waals surface area contributed by atoms with E-state index in [1.54, 1.807) is 31.4 Å². The van der Waals surface area contributed by atoms with E-state index in [9.17, 15) is 9.59 Å². The highest BCUT2D eigenvalue weighted by Gasteiger charge is 2.08. The molecule has 0 unspecified atom stereocenters. The molecule has 5 nitrogen and oxygen atoms in total. The second-order valence-electron chi connectivity index (χ2n) is 4.83. The fraction of sp³-hybridized carbons (Fsp3) is 0.176. The molecule has 2 aromatic carbocycles. The number of carbonyl (C=O) groups is 2. The van der Waals surface area contributed by atoms with E-state index < -0.39 is 0 Å². The van der Waals surface area contributed by atoms with Gasteiger partial charge < -0.3 is 15.4 Å². The van der Waals surface area contributed by atoms with Crippen molar-refractivity contribution in [1.29, 1.82) is 0 Å². The van der Waals surface area contributed by atoms with E-state index in [1.165, 1.54) is 0 Å². The Morgan fingerprint density at radius 1 is 1.00 bits per heavy atom. The maximum absolute atomic E-state index is 11.9. The first-order valence-electron chi connectivity index (χ1n) is 6.87. The van der Waals surface area contributed by atoms with Crippen LogP contribution in [-0.4, -0.2) is 25.5 Å². The molecule has 0 spiro atoms. The molecule has 0 saturated heterocycles. The Balaban J connectivity index is 1.84. The van der Waals surface area contributed by atoms with Crippen LogP contribution in [0.5, 0.6) is 5.75 Å². The molecule has 0 aliphatic carbocycles. The molecule has 0 bridgehead atoms. The Labute approximate surface area is 129 Å². The summed E-state index contributed by atoms with van der Waals surface area (Å²) >= 11 is 0. The van der Waals surface area contributed by atoms with Crippen LogP contribution >= 0.6 is 0 Å². The van der Waals surface area contributed by atoms with E-state index in [-0.39, 0.29) is 18.4 Å². The molecule has 114 valence electrons. The first-order chi connectivity index (χ1) is 10.6. The second kappa shape index (κ2) is 7.26. The summed E-state index contributed by atoms with van der Waals surface area (Å²) in [5, 5.41) is 5.30. The minimum Gasteiger partial charge on any atom is -0.497 e. The number of aryl methyl sites for hydroxylation is 1. The molecule has 0 fully saturated rings. The van der Waals surface area contributed by atoms with Crippen LogP contribution in [0, 0.1) is 6.92 Å². The fourth-order valence-electron chi connectivity index (χ4n) is 1.85. The molecule has 0 aliphatic heterocycles. The van der Waals surface area contributed by atoms with E-state index in [0.717, 1.165) is 5.56 Å². The molecule has 0 aromatic heterocycles. The number of hydrogen-bond acceptors (Lipinski definition) is 3. The van der Waals surface area contributed by atoms with Gasteiger partial charge in [-0.25, -0.2) is 0 Å². The Bertz CT molecular complexity index is 649. The number of methoxy groups -OCH3 is 1. The summed E-state index contributed by atoms with van der Waals surface area (Å²) in [6.45, 7) is 1.89. The zero-order valence-electron chi connectivity index (χ0n) is 12.6. The number of carbonyl (C=O) groups excluding carboxylic acids is 2. The Morgan fingerprint density at radius 2 is 1.64 bits per heavy atom. The number of hydrogen-bond donors (Lipinski definition) is 2. The number of rotatable bonds is 5. The molecule has 22 heavy (non-hydrogen) atoms. The van der Waals surface area contributed by atoms with Gasteiger partial charge in [0.2, 0.25) is 5.91 Å². The van der Waals surface area contributed by atoms with Gasteiger partial charge in [0.05, 0.1) is 13.7 Å². The van der Waals surface area contributed by atoms with Gasteiger partial charge in [-0.1, -0.05) is 17.7 Å². The van der Waals surface area contributed by atoms with E-state index >= 15 is 0 Å². The molecule has 0 saturated carbocycles. The van der Waals surface area contributed by atoms with E-state index in [2.05, 4.69) is 10.6 Å². The number of amides is 2. The first kappa shape index (κ1) is 15.6. The van der Waals surface area contributed by atoms with Crippen LogP contribution in [0.25, 0.3) is 0 Å². The molecule has 2 aromatic rings. The third-order valence-corrected chi connectivity index (χ3v) is 3.10. The minimum atomic E-state index is -0.304. The van der Waals surface area contributed by atoms with Crippen LogP contribution in [0.15, 0.2) is 48.5 Å². The summed E-state index contributed by atoms with van der Waals surface area (Å²) in [6.07, 6.45) is 0. The molecule has 0 aliphatic rings. The Hall–Kier alpha value is -2.82.